The molecule has 3 aromatic rings. The fraction of sp³-hybridized carbons (Fsp3) is 0.318. The third-order valence-corrected chi connectivity index (χ3v) is 5.60. The largest absolute Gasteiger partial charge is 0.339 e. The lowest BCUT2D eigenvalue weighted by Crippen LogP contribution is -2.41. The van der Waals surface area contributed by atoms with Crippen LogP contribution in [-0.4, -0.2) is 39.4 Å². The number of aromatic nitrogens is 2. The summed E-state index contributed by atoms with van der Waals surface area (Å²) in [6, 6.07) is 9.71. The highest BCUT2D eigenvalue weighted by Crippen LogP contribution is 2.24. The minimum Gasteiger partial charge on any atom is -0.339 e. The second-order valence-corrected chi connectivity index (χ2v) is 7.45. The van der Waals surface area contributed by atoms with E-state index < -0.39 is 5.82 Å². The summed E-state index contributed by atoms with van der Waals surface area (Å²) in [5.74, 6) is -0.753. The van der Waals surface area contributed by atoms with Gasteiger partial charge in [0.15, 0.2) is 0 Å². The number of benzene rings is 2. The second-order valence-electron chi connectivity index (χ2n) is 7.45. The van der Waals surface area contributed by atoms with Gasteiger partial charge in [-0.25, -0.2) is 9.37 Å². The van der Waals surface area contributed by atoms with Gasteiger partial charge in [0.1, 0.15) is 12.1 Å². The van der Waals surface area contributed by atoms with Gasteiger partial charge in [-0.1, -0.05) is 6.07 Å². The quantitative estimate of drug-likeness (QED) is 0.677. The average molecular weight is 379 g/mol. The summed E-state index contributed by atoms with van der Waals surface area (Å²) in [4.78, 5) is 31.7. The highest BCUT2D eigenvalue weighted by atomic mass is 19.1. The lowest BCUT2D eigenvalue weighted by atomic mass is 9.95. The molecule has 0 N–H and O–H groups in total. The van der Waals surface area contributed by atoms with Crippen molar-refractivity contribution in [3.8, 4) is 0 Å². The zero-order valence-electron chi connectivity index (χ0n) is 16.0. The smallest absolute Gasteiger partial charge is 0.253 e. The van der Waals surface area contributed by atoms with Gasteiger partial charge in [-0.05, 0) is 68.1 Å². The molecule has 28 heavy (non-hydrogen) atoms. The van der Waals surface area contributed by atoms with Crippen LogP contribution >= 0.6 is 0 Å². The van der Waals surface area contributed by atoms with Crippen LogP contribution in [0.15, 0.2) is 42.7 Å². The number of likely N-dealkylation sites (tertiary alicyclic amines) is 1. The molecule has 0 spiro atoms. The molecule has 0 saturated carbocycles. The number of halogens is 1. The zero-order valence-corrected chi connectivity index (χ0v) is 16.0. The Kier molecular flexibility index (Phi) is 4.71. The van der Waals surface area contributed by atoms with E-state index in [2.05, 4.69) is 4.98 Å². The lowest BCUT2D eigenvalue weighted by Gasteiger charge is -2.31. The summed E-state index contributed by atoms with van der Waals surface area (Å²) >= 11 is 0. The summed E-state index contributed by atoms with van der Waals surface area (Å²) in [5, 5.41) is 0. The summed E-state index contributed by atoms with van der Waals surface area (Å²) in [5.41, 5.74) is 4.25. The van der Waals surface area contributed by atoms with E-state index in [-0.39, 0.29) is 17.7 Å². The molecule has 0 unspecified atom stereocenters. The molecular formula is C22H22FN3O2. The van der Waals surface area contributed by atoms with Crippen LogP contribution < -0.4 is 0 Å². The maximum atomic E-state index is 13.4. The molecule has 1 aromatic heterocycles. The maximum Gasteiger partial charge on any atom is 0.253 e. The molecule has 0 bridgehead atoms. The first-order chi connectivity index (χ1) is 13.4. The first-order valence-electron chi connectivity index (χ1n) is 9.47. The normalized spacial score (nSPS) is 15.2. The Bertz CT molecular complexity index is 1060. The molecule has 1 amide bonds. The Morgan fingerprint density at radius 3 is 2.50 bits per heavy atom. The van der Waals surface area contributed by atoms with Gasteiger partial charge in [-0.3, -0.25) is 14.2 Å². The highest BCUT2D eigenvalue weighted by molar-refractivity contribution is 5.95. The minimum absolute atomic E-state index is 0.0172. The molecule has 0 atom stereocenters. The molecule has 1 aliphatic heterocycles. The van der Waals surface area contributed by atoms with Crippen molar-refractivity contribution in [1.82, 2.24) is 14.5 Å². The highest BCUT2D eigenvalue weighted by Gasteiger charge is 2.29. The van der Waals surface area contributed by atoms with Gasteiger partial charge < -0.3 is 4.90 Å². The van der Waals surface area contributed by atoms with Gasteiger partial charge in [0.25, 0.3) is 5.91 Å². The van der Waals surface area contributed by atoms with E-state index in [4.69, 9.17) is 0 Å². The zero-order chi connectivity index (χ0) is 19.8. The third kappa shape index (κ3) is 3.30. The number of imidazole rings is 1. The SMILES string of the molecule is Cc1cc2ncn(C(=O)C3CCN(C(=O)c4cccc(F)c4)CC3)c2cc1C. The molecule has 1 fully saturated rings. The van der Waals surface area contributed by atoms with E-state index in [1.807, 2.05) is 26.0 Å². The van der Waals surface area contributed by atoms with Crippen molar-refractivity contribution in [2.45, 2.75) is 26.7 Å². The molecule has 1 saturated heterocycles. The number of hydrogen-bond donors (Lipinski definition) is 0. The molecule has 0 radical (unpaired) electrons. The van der Waals surface area contributed by atoms with Crippen LogP contribution in [0.3, 0.4) is 0 Å². The molecule has 2 aromatic carbocycles. The summed E-state index contributed by atoms with van der Waals surface area (Å²) in [7, 11) is 0. The summed E-state index contributed by atoms with van der Waals surface area (Å²) < 4.78 is 15.0. The van der Waals surface area contributed by atoms with E-state index in [1.54, 1.807) is 21.9 Å². The number of carbonyl (C=O) groups is 2. The predicted octanol–water partition coefficient (Wildman–Crippen LogP) is 3.98. The van der Waals surface area contributed by atoms with Crippen LogP contribution in [0.5, 0.6) is 0 Å². The monoisotopic (exact) mass is 379 g/mol. The van der Waals surface area contributed by atoms with Crippen LogP contribution in [0.25, 0.3) is 11.0 Å². The van der Waals surface area contributed by atoms with E-state index in [0.717, 1.165) is 22.2 Å². The van der Waals surface area contributed by atoms with E-state index in [0.29, 0.717) is 31.5 Å². The second kappa shape index (κ2) is 7.19. The lowest BCUT2D eigenvalue weighted by molar-refractivity contribution is 0.0622. The third-order valence-electron chi connectivity index (χ3n) is 5.60. The number of piperidine rings is 1. The van der Waals surface area contributed by atoms with Crippen molar-refractivity contribution in [1.29, 1.82) is 0 Å². The van der Waals surface area contributed by atoms with E-state index in [1.165, 1.54) is 18.2 Å². The van der Waals surface area contributed by atoms with E-state index in [9.17, 15) is 14.0 Å². The van der Waals surface area contributed by atoms with Crippen molar-refractivity contribution in [3.63, 3.8) is 0 Å². The van der Waals surface area contributed by atoms with Crippen LogP contribution in [0.2, 0.25) is 0 Å². The molecule has 2 heterocycles. The molecule has 6 heteroatoms. The molecule has 144 valence electrons. The van der Waals surface area contributed by atoms with Crippen molar-refractivity contribution in [2.75, 3.05) is 13.1 Å². The predicted molar refractivity (Wildman–Crippen MR) is 105 cm³/mol. The average Bonchev–Trinajstić information content (AvgIpc) is 3.10. The summed E-state index contributed by atoms with van der Waals surface area (Å²) in [6.45, 7) is 5.01. The van der Waals surface area contributed by atoms with Crippen molar-refractivity contribution >= 4 is 22.8 Å². The number of nitrogens with zero attached hydrogens (tertiary/aromatic N) is 3. The van der Waals surface area contributed by atoms with Crippen molar-refractivity contribution < 1.29 is 14.0 Å². The Hall–Kier alpha value is -3.02. The maximum absolute atomic E-state index is 13.4. The molecule has 0 aliphatic carbocycles. The topological polar surface area (TPSA) is 55.2 Å². The van der Waals surface area contributed by atoms with Gasteiger partial charge in [0, 0.05) is 24.6 Å². The Morgan fingerprint density at radius 1 is 1.07 bits per heavy atom. The van der Waals surface area contributed by atoms with Crippen LogP contribution in [0.1, 0.15) is 39.1 Å². The Balaban J connectivity index is 1.47. The first-order valence-corrected chi connectivity index (χ1v) is 9.47. The first kappa shape index (κ1) is 18.3. The Labute approximate surface area is 162 Å². The van der Waals surface area contributed by atoms with Gasteiger partial charge in [-0.2, -0.15) is 0 Å². The summed E-state index contributed by atoms with van der Waals surface area (Å²) in [6.07, 6.45) is 2.77. The molecular weight excluding hydrogens is 357 g/mol. The van der Waals surface area contributed by atoms with Crippen molar-refractivity contribution in [2.24, 2.45) is 5.92 Å². The fourth-order valence-corrected chi connectivity index (χ4v) is 3.77. The minimum atomic E-state index is -0.423. The van der Waals surface area contributed by atoms with Crippen molar-refractivity contribution in [3.05, 3.63) is 65.2 Å². The number of amides is 1. The molecule has 4 rings (SSSR count). The Morgan fingerprint density at radius 2 is 1.79 bits per heavy atom. The number of rotatable bonds is 2. The molecule has 1 aliphatic rings. The van der Waals surface area contributed by atoms with Gasteiger partial charge in [0.2, 0.25) is 5.91 Å². The van der Waals surface area contributed by atoms with E-state index >= 15 is 0 Å². The number of fused-ring (bicyclic) bond motifs is 1. The van der Waals surface area contributed by atoms with Gasteiger partial charge in [0.05, 0.1) is 11.0 Å². The van der Waals surface area contributed by atoms with Crippen LogP contribution in [0, 0.1) is 25.6 Å². The molecule has 5 nitrogen and oxygen atoms in total. The van der Waals surface area contributed by atoms with Crippen LogP contribution in [-0.2, 0) is 0 Å². The number of carbonyl (C=O) groups excluding carboxylic acids is 2. The van der Waals surface area contributed by atoms with Crippen LogP contribution in [0.4, 0.5) is 4.39 Å². The number of hydrogen-bond acceptors (Lipinski definition) is 3. The fourth-order valence-electron chi connectivity index (χ4n) is 3.77. The standard InChI is InChI=1S/C22H22FN3O2/c1-14-10-19-20(11-15(14)2)26(13-24-19)22(28)16-6-8-25(9-7-16)21(27)17-4-3-5-18(23)12-17/h3-5,10-13,16H,6-9H2,1-2H3. The van der Waals surface area contributed by atoms with Gasteiger partial charge in [-0.15, -0.1) is 0 Å². The number of aryl methyl sites for hydroxylation is 2. The van der Waals surface area contributed by atoms with Gasteiger partial charge >= 0.3 is 0 Å².